The van der Waals surface area contributed by atoms with E-state index in [1.165, 1.54) is 13.8 Å². The number of ketones is 1. The van der Waals surface area contributed by atoms with Gasteiger partial charge in [0.1, 0.15) is 12.0 Å². The zero-order valence-corrected chi connectivity index (χ0v) is 14.0. The summed E-state index contributed by atoms with van der Waals surface area (Å²) in [6.45, 7) is 2.01. The van der Waals surface area contributed by atoms with Crippen LogP contribution in [0.25, 0.3) is 0 Å². The largest absolute Gasteiger partial charge is 0.456 e. The van der Waals surface area contributed by atoms with E-state index in [0.717, 1.165) is 4.90 Å². The van der Waals surface area contributed by atoms with Crippen molar-refractivity contribution in [3.8, 4) is 6.07 Å². The summed E-state index contributed by atoms with van der Waals surface area (Å²) < 4.78 is 4.86. The number of nitriles is 1. The zero-order valence-electron chi connectivity index (χ0n) is 14.0. The topological polar surface area (TPSA) is 128 Å². The second-order valence-corrected chi connectivity index (χ2v) is 6.20. The Morgan fingerprint density at radius 3 is 2.28 bits per heavy atom. The van der Waals surface area contributed by atoms with Crippen molar-refractivity contribution >= 4 is 29.3 Å². The van der Waals surface area contributed by atoms with Gasteiger partial charge in [0.15, 0.2) is 12.4 Å². The van der Waals surface area contributed by atoms with Crippen LogP contribution < -0.4 is 0 Å². The number of ether oxygens (including phenoxy) is 1. The molecular formula is C17H19N3O5. The number of nitrogens with zero attached hydrogens (tertiary/aromatic N) is 2. The van der Waals surface area contributed by atoms with Crippen molar-refractivity contribution < 1.29 is 23.9 Å². The number of Topliss-reactive ketones (excluding diaryl/α,β-unsaturated/α-hetero) is 1. The summed E-state index contributed by atoms with van der Waals surface area (Å²) in [6.07, 6.45) is 4.63. The lowest BCUT2D eigenvalue weighted by Crippen LogP contribution is -2.45. The van der Waals surface area contributed by atoms with Gasteiger partial charge in [0, 0.05) is 5.71 Å². The molecule has 8 nitrogen and oxygen atoms in total. The van der Waals surface area contributed by atoms with Crippen LogP contribution in [0.5, 0.6) is 0 Å². The Morgan fingerprint density at radius 1 is 1.32 bits per heavy atom. The van der Waals surface area contributed by atoms with Gasteiger partial charge >= 0.3 is 5.97 Å². The molecule has 0 aromatic rings. The molecule has 0 spiro atoms. The van der Waals surface area contributed by atoms with Gasteiger partial charge in [-0.15, -0.1) is 0 Å². The van der Waals surface area contributed by atoms with Gasteiger partial charge in [-0.05, 0) is 26.7 Å². The molecule has 1 aliphatic carbocycles. The Morgan fingerprint density at radius 2 is 1.84 bits per heavy atom. The maximum atomic E-state index is 12.4. The normalized spacial score (nSPS) is 24.3. The lowest BCUT2D eigenvalue weighted by Gasteiger charge is -2.21. The van der Waals surface area contributed by atoms with E-state index >= 15 is 0 Å². The number of amides is 2. The second kappa shape index (κ2) is 7.38. The SMILES string of the molecule is CC(=N)[C@@H](C#N)C(=O)COC(=O)[C@H](C)N1C(=O)[C@H]2CC=CC[C@H]2C1=O. The third kappa shape index (κ3) is 3.50. The molecule has 0 radical (unpaired) electrons. The summed E-state index contributed by atoms with van der Waals surface area (Å²) in [4.78, 5) is 49.7. The highest BCUT2D eigenvalue weighted by Crippen LogP contribution is 2.36. The van der Waals surface area contributed by atoms with Gasteiger partial charge in [-0.25, -0.2) is 4.79 Å². The van der Waals surface area contributed by atoms with E-state index < -0.39 is 54.0 Å². The van der Waals surface area contributed by atoms with Crippen LogP contribution in [0.1, 0.15) is 26.7 Å². The molecule has 1 aliphatic heterocycles. The molecule has 132 valence electrons. The number of carbonyl (C=O) groups excluding carboxylic acids is 4. The maximum Gasteiger partial charge on any atom is 0.329 e. The van der Waals surface area contributed by atoms with E-state index in [-0.39, 0.29) is 5.71 Å². The van der Waals surface area contributed by atoms with Crippen LogP contribution in [0.15, 0.2) is 12.2 Å². The van der Waals surface area contributed by atoms with Crippen LogP contribution in [0.3, 0.4) is 0 Å². The Labute approximate surface area is 144 Å². The first-order valence-electron chi connectivity index (χ1n) is 7.95. The highest BCUT2D eigenvalue weighted by Gasteiger charge is 2.50. The number of esters is 1. The van der Waals surface area contributed by atoms with Gasteiger partial charge in [0.25, 0.3) is 0 Å². The molecule has 0 bridgehead atoms. The molecule has 0 saturated carbocycles. The Kier molecular flexibility index (Phi) is 5.47. The van der Waals surface area contributed by atoms with Crippen molar-refractivity contribution in [1.82, 2.24) is 4.90 Å². The second-order valence-electron chi connectivity index (χ2n) is 6.20. The first-order chi connectivity index (χ1) is 11.8. The maximum absolute atomic E-state index is 12.4. The molecular weight excluding hydrogens is 326 g/mol. The van der Waals surface area contributed by atoms with Crippen LogP contribution in [0.2, 0.25) is 0 Å². The lowest BCUT2D eigenvalue weighted by molar-refractivity contribution is -0.159. The molecule has 25 heavy (non-hydrogen) atoms. The van der Waals surface area contributed by atoms with Crippen molar-refractivity contribution in [1.29, 1.82) is 10.7 Å². The molecule has 1 fully saturated rings. The monoisotopic (exact) mass is 345 g/mol. The molecule has 1 heterocycles. The Balaban J connectivity index is 2.00. The van der Waals surface area contributed by atoms with Gasteiger partial charge < -0.3 is 10.1 Å². The molecule has 0 unspecified atom stereocenters. The van der Waals surface area contributed by atoms with Crippen molar-refractivity contribution in [3.05, 3.63) is 12.2 Å². The van der Waals surface area contributed by atoms with Crippen molar-refractivity contribution in [2.45, 2.75) is 32.7 Å². The number of allylic oxidation sites excluding steroid dienone is 2. The van der Waals surface area contributed by atoms with Crippen molar-refractivity contribution in [2.75, 3.05) is 6.61 Å². The van der Waals surface area contributed by atoms with Crippen LogP contribution in [0, 0.1) is 34.5 Å². The minimum absolute atomic E-state index is 0.141. The molecule has 1 N–H and O–H groups in total. The minimum Gasteiger partial charge on any atom is -0.456 e. The number of carbonyl (C=O) groups is 4. The van der Waals surface area contributed by atoms with Gasteiger partial charge in [-0.1, -0.05) is 12.2 Å². The summed E-state index contributed by atoms with van der Waals surface area (Å²) in [6, 6.07) is 0.527. The molecule has 1 saturated heterocycles. The van der Waals surface area contributed by atoms with Crippen LogP contribution in [-0.2, 0) is 23.9 Å². The van der Waals surface area contributed by atoms with Crippen LogP contribution in [0.4, 0.5) is 0 Å². The number of rotatable bonds is 6. The van der Waals surface area contributed by atoms with Crippen LogP contribution in [-0.4, -0.2) is 46.8 Å². The molecule has 4 atom stereocenters. The first-order valence-corrected chi connectivity index (χ1v) is 7.95. The van der Waals surface area contributed by atoms with E-state index in [1.807, 2.05) is 12.2 Å². The quantitative estimate of drug-likeness (QED) is 0.325. The predicted molar refractivity (Wildman–Crippen MR) is 85.1 cm³/mol. The van der Waals surface area contributed by atoms with Gasteiger partial charge in [-0.2, -0.15) is 5.26 Å². The van der Waals surface area contributed by atoms with E-state index in [9.17, 15) is 19.2 Å². The van der Waals surface area contributed by atoms with Gasteiger partial charge in [-0.3, -0.25) is 19.3 Å². The highest BCUT2D eigenvalue weighted by atomic mass is 16.5. The molecule has 2 aliphatic rings. The number of hydrogen-bond acceptors (Lipinski definition) is 7. The molecule has 2 amide bonds. The zero-order chi connectivity index (χ0) is 18.7. The number of hydrogen-bond donors (Lipinski definition) is 1. The Hall–Kier alpha value is -2.82. The molecule has 0 aromatic carbocycles. The summed E-state index contributed by atoms with van der Waals surface area (Å²) in [7, 11) is 0. The van der Waals surface area contributed by atoms with Gasteiger partial charge in [0.05, 0.1) is 17.9 Å². The fourth-order valence-corrected chi connectivity index (χ4v) is 3.07. The number of fused-ring (bicyclic) bond motifs is 1. The van der Waals surface area contributed by atoms with E-state index in [0.29, 0.717) is 12.8 Å². The van der Waals surface area contributed by atoms with Crippen molar-refractivity contribution in [2.24, 2.45) is 17.8 Å². The summed E-state index contributed by atoms with van der Waals surface area (Å²) in [5, 5.41) is 16.2. The van der Waals surface area contributed by atoms with E-state index in [2.05, 4.69) is 0 Å². The van der Waals surface area contributed by atoms with Gasteiger partial charge in [0.2, 0.25) is 11.8 Å². The average Bonchev–Trinajstić information content (AvgIpc) is 2.84. The number of nitrogens with one attached hydrogen (secondary N) is 1. The third-order valence-corrected chi connectivity index (χ3v) is 4.51. The minimum atomic E-state index is -1.27. The molecule has 2 rings (SSSR count). The first kappa shape index (κ1) is 18.5. The number of likely N-dealkylation sites (tertiary alicyclic amines) is 1. The highest BCUT2D eigenvalue weighted by molar-refractivity contribution is 6.08. The third-order valence-electron chi connectivity index (χ3n) is 4.51. The summed E-state index contributed by atoms with van der Waals surface area (Å²) >= 11 is 0. The average molecular weight is 345 g/mol. The molecule has 8 heteroatoms. The Bertz CT molecular complexity index is 680. The van der Waals surface area contributed by atoms with Crippen molar-refractivity contribution in [3.63, 3.8) is 0 Å². The number of imide groups is 1. The predicted octanol–water partition coefficient (Wildman–Crippen LogP) is 0.618. The standard InChI is InChI=1S/C17H19N3O5/c1-9(19)13(7-18)14(21)8-25-17(24)10(2)20-15(22)11-5-3-4-6-12(11)16(20)23/h3-4,10-13,19H,5-6,8H2,1-2H3/t10-,11-,12+,13+/m0/s1. The lowest BCUT2D eigenvalue weighted by atomic mass is 9.85. The summed E-state index contributed by atoms with van der Waals surface area (Å²) in [5.41, 5.74) is -0.141. The van der Waals surface area contributed by atoms with E-state index in [1.54, 1.807) is 6.07 Å². The fraction of sp³-hybridized carbons (Fsp3) is 0.529. The van der Waals surface area contributed by atoms with Crippen LogP contribution >= 0.6 is 0 Å². The fourth-order valence-electron chi connectivity index (χ4n) is 3.07. The summed E-state index contributed by atoms with van der Waals surface area (Å²) in [5.74, 6) is -4.57. The molecule has 0 aromatic heterocycles. The smallest absolute Gasteiger partial charge is 0.329 e. The van der Waals surface area contributed by atoms with E-state index in [4.69, 9.17) is 15.4 Å².